The van der Waals surface area contributed by atoms with E-state index in [2.05, 4.69) is 15.9 Å². The van der Waals surface area contributed by atoms with Crippen molar-refractivity contribution in [3.8, 4) is 28.7 Å². The molecule has 0 spiro atoms. The number of hydrazone groups is 1. The van der Waals surface area contributed by atoms with Gasteiger partial charge in [-0.3, -0.25) is 4.79 Å². The molecule has 1 atom stereocenters. The number of nitrogens with zero attached hydrogens (tertiary/aromatic N) is 2. The van der Waals surface area contributed by atoms with Crippen molar-refractivity contribution >= 4 is 27.5 Å². The summed E-state index contributed by atoms with van der Waals surface area (Å²) >= 11 is 3.54. The zero-order valence-corrected chi connectivity index (χ0v) is 22.3. The van der Waals surface area contributed by atoms with E-state index in [0.717, 1.165) is 21.3 Å². The van der Waals surface area contributed by atoms with Gasteiger partial charge >= 0.3 is 0 Å². The van der Waals surface area contributed by atoms with E-state index in [4.69, 9.17) is 28.8 Å². The number of hydrogen-bond acceptors (Lipinski definition) is 7. The highest BCUT2D eigenvalue weighted by molar-refractivity contribution is 9.10. The van der Waals surface area contributed by atoms with Crippen molar-refractivity contribution in [2.75, 3.05) is 35.5 Å². The Morgan fingerprint density at radius 1 is 0.861 bits per heavy atom. The smallest absolute Gasteiger partial charge is 0.274 e. The maximum Gasteiger partial charge on any atom is 0.274 e. The Labute approximate surface area is 218 Å². The van der Waals surface area contributed by atoms with E-state index >= 15 is 0 Å². The third kappa shape index (κ3) is 4.83. The number of carbonyl (C=O) groups is 1. The van der Waals surface area contributed by atoms with Crippen LogP contribution in [0.5, 0.6) is 28.7 Å². The average molecular weight is 555 g/mol. The van der Waals surface area contributed by atoms with Crippen LogP contribution in [0.3, 0.4) is 0 Å². The van der Waals surface area contributed by atoms with E-state index in [0.29, 0.717) is 40.7 Å². The molecule has 1 aliphatic heterocycles. The second-order valence-electron chi connectivity index (χ2n) is 7.95. The summed E-state index contributed by atoms with van der Waals surface area (Å²) in [5.41, 5.74) is 2.81. The highest BCUT2D eigenvalue weighted by atomic mass is 79.9. The van der Waals surface area contributed by atoms with Gasteiger partial charge < -0.3 is 23.7 Å². The van der Waals surface area contributed by atoms with Gasteiger partial charge in [0.1, 0.15) is 11.5 Å². The number of amides is 1. The molecule has 0 bridgehead atoms. The molecule has 3 aromatic carbocycles. The molecular formula is C27H27BrN2O6. The van der Waals surface area contributed by atoms with E-state index < -0.39 is 0 Å². The monoisotopic (exact) mass is 554 g/mol. The SMILES string of the molecule is COc1ccc(C2=NN(C(=O)c3cc(OC)c(OC)c(OC)c3)[C@H](c3cccc(Br)c3)C2)c(OC)c1. The Kier molecular flexibility index (Phi) is 7.69. The summed E-state index contributed by atoms with van der Waals surface area (Å²) in [4.78, 5) is 13.9. The van der Waals surface area contributed by atoms with Gasteiger partial charge in [0.15, 0.2) is 11.5 Å². The molecule has 1 heterocycles. The van der Waals surface area contributed by atoms with Gasteiger partial charge in [0.05, 0.1) is 47.3 Å². The highest BCUT2D eigenvalue weighted by Gasteiger charge is 2.35. The molecule has 0 fully saturated rings. The average Bonchev–Trinajstić information content (AvgIpc) is 3.36. The Hall–Kier alpha value is -3.72. The normalized spacial score (nSPS) is 14.8. The second-order valence-corrected chi connectivity index (χ2v) is 8.87. The molecule has 9 heteroatoms. The third-order valence-electron chi connectivity index (χ3n) is 5.98. The Morgan fingerprint density at radius 2 is 1.56 bits per heavy atom. The van der Waals surface area contributed by atoms with Crippen LogP contribution < -0.4 is 23.7 Å². The number of ether oxygens (including phenoxy) is 5. The summed E-state index contributed by atoms with van der Waals surface area (Å²) in [6, 6.07) is 16.3. The van der Waals surface area contributed by atoms with Crippen LogP contribution in [0.4, 0.5) is 0 Å². The minimum atomic E-state index is -0.337. The van der Waals surface area contributed by atoms with Gasteiger partial charge in [-0.05, 0) is 42.0 Å². The molecule has 36 heavy (non-hydrogen) atoms. The van der Waals surface area contributed by atoms with Crippen LogP contribution in [0.2, 0.25) is 0 Å². The number of hydrogen-bond donors (Lipinski definition) is 0. The molecule has 1 amide bonds. The maximum absolute atomic E-state index is 13.9. The molecule has 3 aromatic rings. The summed E-state index contributed by atoms with van der Waals surface area (Å²) in [6.45, 7) is 0. The van der Waals surface area contributed by atoms with Crippen LogP contribution >= 0.6 is 15.9 Å². The van der Waals surface area contributed by atoms with Gasteiger partial charge in [-0.15, -0.1) is 0 Å². The first-order valence-electron chi connectivity index (χ1n) is 11.1. The Morgan fingerprint density at radius 3 is 2.14 bits per heavy atom. The van der Waals surface area contributed by atoms with Crippen molar-refractivity contribution < 1.29 is 28.5 Å². The molecule has 8 nitrogen and oxygen atoms in total. The van der Waals surface area contributed by atoms with E-state index in [-0.39, 0.29) is 11.9 Å². The Bertz CT molecular complexity index is 1280. The zero-order chi connectivity index (χ0) is 25.8. The molecule has 4 rings (SSSR count). The van der Waals surface area contributed by atoms with Crippen LogP contribution in [0.1, 0.15) is 33.9 Å². The summed E-state index contributed by atoms with van der Waals surface area (Å²) in [6.07, 6.45) is 0.495. The van der Waals surface area contributed by atoms with Gasteiger partial charge in [0, 0.05) is 28.1 Å². The topological polar surface area (TPSA) is 78.8 Å². The highest BCUT2D eigenvalue weighted by Crippen LogP contribution is 2.41. The summed E-state index contributed by atoms with van der Waals surface area (Å²) < 4.78 is 28.2. The lowest BCUT2D eigenvalue weighted by atomic mass is 9.97. The number of methoxy groups -OCH3 is 5. The lowest BCUT2D eigenvalue weighted by molar-refractivity contribution is 0.0710. The first-order chi connectivity index (χ1) is 17.4. The first-order valence-corrected chi connectivity index (χ1v) is 11.9. The predicted octanol–water partition coefficient (Wildman–Crippen LogP) is 5.48. The maximum atomic E-state index is 13.9. The van der Waals surface area contributed by atoms with Gasteiger partial charge in [-0.25, -0.2) is 5.01 Å². The molecule has 0 N–H and O–H groups in total. The minimum absolute atomic E-state index is 0.304. The molecule has 0 saturated heterocycles. The third-order valence-corrected chi connectivity index (χ3v) is 6.48. The number of halogens is 1. The van der Waals surface area contributed by atoms with Crippen LogP contribution in [-0.2, 0) is 0 Å². The number of benzene rings is 3. The van der Waals surface area contributed by atoms with Gasteiger partial charge in [0.2, 0.25) is 5.75 Å². The van der Waals surface area contributed by atoms with Crippen LogP contribution in [0, 0.1) is 0 Å². The first kappa shape index (κ1) is 25.4. The predicted molar refractivity (Wildman–Crippen MR) is 140 cm³/mol. The van der Waals surface area contributed by atoms with Crippen molar-refractivity contribution in [2.45, 2.75) is 12.5 Å². The fourth-order valence-electron chi connectivity index (χ4n) is 4.21. The van der Waals surface area contributed by atoms with E-state index in [9.17, 15) is 4.79 Å². The molecule has 0 radical (unpaired) electrons. The van der Waals surface area contributed by atoms with Crippen molar-refractivity contribution in [1.82, 2.24) is 5.01 Å². The second kappa shape index (κ2) is 10.9. The van der Waals surface area contributed by atoms with Crippen LogP contribution in [-0.4, -0.2) is 52.2 Å². The lowest BCUT2D eigenvalue weighted by Gasteiger charge is -2.23. The molecule has 188 valence electrons. The van der Waals surface area contributed by atoms with E-state index in [1.54, 1.807) is 32.4 Å². The minimum Gasteiger partial charge on any atom is -0.497 e. The quantitative estimate of drug-likeness (QED) is 0.366. The standard InChI is InChI=1S/C27H27BrN2O6/c1-32-19-9-10-20(23(14-19)33-2)21-15-22(16-7-6-8-18(28)11-16)30(29-21)27(31)17-12-24(34-3)26(36-5)25(13-17)35-4/h6-14,22H,15H2,1-5H3/t22-/m0/s1. The van der Waals surface area contributed by atoms with Crippen molar-refractivity contribution in [3.05, 3.63) is 75.8 Å². The van der Waals surface area contributed by atoms with Crippen molar-refractivity contribution in [2.24, 2.45) is 5.10 Å². The van der Waals surface area contributed by atoms with Gasteiger partial charge in [-0.2, -0.15) is 5.10 Å². The number of carbonyl (C=O) groups excluding carboxylic acids is 1. The molecule has 0 aliphatic carbocycles. The van der Waals surface area contributed by atoms with E-state index in [1.807, 2.05) is 36.4 Å². The molecular weight excluding hydrogens is 528 g/mol. The molecule has 0 saturated carbocycles. The van der Waals surface area contributed by atoms with Crippen LogP contribution in [0.25, 0.3) is 0 Å². The van der Waals surface area contributed by atoms with Crippen molar-refractivity contribution in [1.29, 1.82) is 0 Å². The van der Waals surface area contributed by atoms with Gasteiger partial charge in [-0.1, -0.05) is 28.1 Å². The number of rotatable bonds is 8. The summed E-state index contributed by atoms with van der Waals surface area (Å²) in [7, 11) is 7.74. The largest absolute Gasteiger partial charge is 0.497 e. The summed E-state index contributed by atoms with van der Waals surface area (Å²) in [5, 5.41) is 6.29. The fraction of sp³-hybridized carbons (Fsp3) is 0.259. The molecule has 0 aromatic heterocycles. The van der Waals surface area contributed by atoms with Crippen molar-refractivity contribution in [3.63, 3.8) is 0 Å². The summed E-state index contributed by atoms with van der Waals surface area (Å²) in [5.74, 6) is 2.17. The Balaban J connectivity index is 1.82. The van der Waals surface area contributed by atoms with Gasteiger partial charge in [0.25, 0.3) is 5.91 Å². The zero-order valence-electron chi connectivity index (χ0n) is 20.7. The molecule has 1 aliphatic rings. The fourth-order valence-corrected chi connectivity index (χ4v) is 4.62. The molecule has 0 unspecified atom stereocenters. The van der Waals surface area contributed by atoms with Crippen LogP contribution in [0.15, 0.2) is 64.2 Å². The van der Waals surface area contributed by atoms with E-state index in [1.165, 1.54) is 26.3 Å². The lowest BCUT2D eigenvalue weighted by Crippen LogP contribution is -2.27.